The molecule has 1 saturated heterocycles. The predicted molar refractivity (Wildman–Crippen MR) is 162 cm³/mol. The van der Waals surface area contributed by atoms with Gasteiger partial charge >= 0.3 is 0 Å². The number of carbonyl (C=O) groups is 2. The highest BCUT2D eigenvalue weighted by Gasteiger charge is 2.22. The van der Waals surface area contributed by atoms with Crippen molar-refractivity contribution in [2.75, 3.05) is 36.4 Å². The van der Waals surface area contributed by atoms with Gasteiger partial charge in [-0.15, -0.1) is 0 Å². The fourth-order valence-electron chi connectivity index (χ4n) is 4.23. The molecule has 204 valence electrons. The number of halogens is 2. The highest BCUT2D eigenvalue weighted by Crippen LogP contribution is 2.30. The summed E-state index contributed by atoms with van der Waals surface area (Å²) in [6, 6.07) is 14.8. The fraction of sp³-hybridized carbons (Fsp3) is 0.276. The second-order valence-electron chi connectivity index (χ2n) is 9.23. The van der Waals surface area contributed by atoms with Gasteiger partial charge in [-0.2, -0.15) is 0 Å². The molecular formula is C29H30Cl2N4O3S. The highest BCUT2D eigenvalue weighted by atomic mass is 35.5. The van der Waals surface area contributed by atoms with Crippen molar-refractivity contribution in [2.24, 2.45) is 0 Å². The highest BCUT2D eigenvalue weighted by molar-refractivity contribution is 7.80. The second-order valence-corrected chi connectivity index (χ2v) is 10.4. The monoisotopic (exact) mass is 584 g/mol. The Morgan fingerprint density at radius 2 is 1.79 bits per heavy atom. The van der Waals surface area contributed by atoms with Gasteiger partial charge in [0.05, 0.1) is 10.7 Å². The van der Waals surface area contributed by atoms with Crippen molar-refractivity contribution < 1.29 is 14.0 Å². The molecule has 0 aliphatic carbocycles. The first kappa shape index (κ1) is 28.7. The third-order valence-corrected chi connectivity index (χ3v) is 7.28. The van der Waals surface area contributed by atoms with E-state index in [1.807, 2.05) is 55.1 Å². The van der Waals surface area contributed by atoms with Gasteiger partial charge < -0.3 is 19.5 Å². The maximum Gasteiger partial charge on any atom is 0.250 e. The minimum absolute atomic E-state index is 0.144. The Kier molecular flexibility index (Phi) is 9.67. The van der Waals surface area contributed by atoms with Gasteiger partial charge in [-0.3, -0.25) is 14.9 Å². The van der Waals surface area contributed by atoms with E-state index in [1.165, 1.54) is 6.08 Å². The van der Waals surface area contributed by atoms with Gasteiger partial charge in [0.1, 0.15) is 11.5 Å². The number of thiocarbonyl (C=S) groups is 1. The minimum Gasteiger partial charge on any atom is -0.457 e. The van der Waals surface area contributed by atoms with Crippen molar-refractivity contribution in [2.45, 2.75) is 26.7 Å². The molecule has 39 heavy (non-hydrogen) atoms. The Bertz CT molecular complexity index is 1400. The molecule has 4 rings (SSSR count). The molecule has 0 radical (unpaired) electrons. The molecular weight excluding hydrogens is 555 g/mol. The van der Waals surface area contributed by atoms with Crippen LogP contribution < -0.4 is 15.5 Å². The van der Waals surface area contributed by atoms with Gasteiger partial charge in [-0.25, -0.2) is 0 Å². The maximum absolute atomic E-state index is 12.4. The summed E-state index contributed by atoms with van der Waals surface area (Å²) in [5.41, 5.74) is 3.39. The van der Waals surface area contributed by atoms with Gasteiger partial charge in [0.15, 0.2) is 5.11 Å². The quantitative estimate of drug-likeness (QED) is 0.242. The summed E-state index contributed by atoms with van der Waals surface area (Å²) in [6.45, 7) is 6.75. The Morgan fingerprint density at radius 1 is 1.03 bits per heavy atom. The van der Waals surface area contributed by atoms with Crippen LogP contribution in [-0.4, -0.2) is 48.0 Å². The number of rotatable bonds is 7. The number of furan rings is 1. The van der Waals surface area contributed by atoms with Crippen LogP contribution in [0.5, 0.6) is 0 Å². The van der Waals surface area contributed by atoms with Crippen molar-refractivity contribution >= 4 is 69.8 Å². The number of nitrogens with one attached hydrogen (secondary N) is 2. The van der Waals surface area contributed by atoms with Crippen molar-refractivity contribution in [1.29, 1.82) is 0 Å². The first-order valence-electron chi connectivity index (χ1n) is 12.7. The van der Waals surface area contributed by atoms with Crippen LogP contribution in [0.15, 0.2) is 59.0 Å². The molecule has 1 aliphatic heterocycles. The van der Waals surface area contributed by atoms with Crippen molar-refractivity contribution in [3.63, 3.8) is 0 Å². The first-order valence-corrected chi connectivity index (χ1v) is 13.9. The lowest BCUT2D eigenvalue weighted by molar-refractivity contribution is -0.131. The number of piperazine rings is 1. The third kappa shape index (κ3) is 7.62. The van der Waals surface area contributed by atoms with Gasteiger partial charge in [0, 0.05) is 54.9 Å². The number of anilines is 2. The predicted octanol–water partition coefficient (Wildman–Crippen LogP) is 6.54. The molecule has 0 bridgehead atoms. The van der Waals surface area contributed by atoms with Crippen LogP contribution in [0, 0.1) is 6.92 Å². The molecule has 2 amide bonds. The molecule has 3 aromatic rings. The minimum atomic E-state index is -0.401. The molecule has 0 spiro atoms. The third-order valence-electron chi connectivity index (χ3n) is 6.36. The SMILES string of the molecule is CCCC(=O)N1CCN(c2ccc(NC(=S)NC(=O)/C=C/c3ccc(-c4ccc(C)c(Cl)c4)o3)cc2Cl)CC1. The number of aryl methyl sites for hydroxylation is 1. The van der Waals surface area contributed by atoms with Crippen LogP contribution in [0.1, 0.15) is 31.1 Å². The zero-order valence-electron chi connectivity index (χ0n) is 21.8. The number of benzene rings is 2. The summed E-state index contributed by atoms with van der Waals surface area (Å²) in [6.07, 6.45) is 4.35. The van der Waals surface area contributed by atoms with E-state index in [4.69, 9.17) is 39.8 Å². The number of hydrogen-bond donors (Lipinski definition) is 2. The largest absolute Gasteiger partial charge is 0.457 e. The van der Waals surface area contributed by atoms with E-state index in [0.717, 1.165) is 36.3 Å². The van der Waals surface area contributed by atoms with E-state index in [2.05, 4.69) is 15.5 Å². The van der Waals surface area contributed by atoms with Gasteiger partial charge in [-0.05, 0) is 73.6 Å². The smallest absolute Gasteiger partial charge is 0.250 e. The molecule has 2 N–H and O–H groups in total. The van der Waals surface area contributed by atoms with Crippen molar-refractivity contribution in [3.8, 4) is 11.3 Å². The standard InChI is InChI=1S/C29H30Cl2N4O3S/c1-3-4-28(37)35-15-13-34(14-16-35)25-10-7-21(18-24(25)31)32-29(39)33-27(36)12-9-22-8-11-26(38-22)20-6-5-19(2)23(30)17-20/h5-12,17-18H,3-4,13-16H2,1-2H3,(H2,32,33,36,39)/b12-9+. The van der Waals surface area contributed by atoms with E-state index in [1.54, 1.807) is 18.2 Å². The number of amides is 2. The molecule has 0 unspecified atom stereocenters. The van der Waals surface area contributed by atoms with Gasteiger partial charge in [-0.1, -0.05) is 42.3 Å². The summed E-state index contributed by atoms with van der Waals surface area (Å²) < 4.78 is 5.81. The summed E-state index contributed by atoms with van der Waals surface area (Å²) >= 11 is 18.1. The Hall–Kier alpha value is -3.33. The maximum atomic E-state index is 12.4. The van der Waals surface area contributed by atoms with E-state index >= 15 is 0 Å². The van der Waals surface area contributed by atoms with Crippen LogP contribution in [0.4, 0.5) is 11.4 Å². The van der Waals surface area contributed by atoms with Crippen LogP contribution in [0.25, 0.3) is 17.4 Å². The average Bonchev–Trinajstić information content (AvgIpc) is 3.38. The zero-order chi connectivity index (χ0) is 27.9. The van der Waals surface area contributed by atoms with Crippen LogP contribution >= 0.6 is 35.4 Å². The molecule has 1 aliphatic rings. The van der Waals surface area contributed by atoms with Crippen LogP contribution in [0.3, 0.4) is 0 Å². The van der Waals surface area contributed by atoms with E-state index in [0.29, 0.717) is 46.8 Å². The molecule has 1 fully saturated rings. The van der Waals surface area contributed by atoms with E-state index < -0.39 is 5.91 Å². The zero-order valence-corrected chi connectivity index (χ0v) is 24.1. The first-order chi connectivity index (χ1) is 18.7. The lowest BCUT2D eigenvalue weighted by Crippen LogP contribution is -2.48. The van der Waals surface area contributed by atoms with Gasteiger partial charge in [0.2, 0.25) is 11.8 Å². The summed E-state index contributed by atoms with van der Waals surface area (Å²) in [5, 5.41) is 6.97. The van der Waals surface area contributed by atoms with Crippen LogP contribution in [-0.2, 0) is 9.59 Å². The summed E-state index contributed by atoms with van der Waals surface area (Å²) in [7, 11) is 0. The topological polar surface area (TPSA) is 77.8 Å². The van der Waals surface area contributed by atoms with Crippen molar-refractivity contribution in [1.82, 2.24) is 10.2 Å². The van der Waals surface area contributed by atoms with Crippen LogP contribution in [0.2, 0.25) is 10.0 Å². The fourth-order valence-corrected chi connectivity index (χ4v) is 4.93. The van der Waals surface area contributed by atoms with E-state index in [9.17, 15) is 9.59 Å². The van der Waals surface area contributed by atoms with Gasteiger partial charge in [0.25, 0.3) is 0 Å². The second kappa shape index (κ2) is 13.2. The summed E-state index contributed by atoms with van der Waals surface area (Å²) in [5.74, 6) is 0.978. The number of nitrogens with zero attached hydrogens (tertiary/aromatic N) is 2. The number of hydrogen-bond acceptors (Lipinski definition) is 5. The Morgan fingerprint density at radius 3 is 2.49 bits per heavy atom. The lowest BCUT2D eigenvalue weighted by atomic mass is 10.1. The molecule has 1 aromatic heterocycles. The van der Waals surface area contributed by atoms with E-state index in [-0.39, 0.29) is 11.0 Å². The average molecular weight is 586 g/mol. The molecule has 0 atom stereocenters. The Balaban J connectivity index is 1.28. The molecule has 7 nitrogen and oxygen atoms in total. The summed E-state index contributed by atoms with van der Waals surface area (Å²) in [4.78, 5) is 28.6. The molecule has 2 aromatic carbocycles. The normalized spacial score (nSPS) is 13.5. The lowest BCUT2D eigenvalue weighted by Gasteiger charge is -2.36. The molecule has 10 heteroatoms. The Labute approximate surface area is 243 Å². The number of carbonyl (C=O) groups excluding carboxylic acids is 2. The van der Waals surface area contributed by atoms with Crippen molar-refractivity contribution in [3.05, 3.63) is 76.0 Å². The molecule has 2 heterocycles. The molecule has 0 saturated carbocycles.